The van der Waals surface area contributed by atoms with Gasteiger partial charge in [-0.25, -0.2) is 13.2 Å². The third-order valence-corrected chi connectivity index (χ3v) is 5.67. The number of ether oxygens (including phenoxy) is 1. The van der Waals surface area contributed by atoms with E-state index in [1.54, 1.807) is 25.1 Å². The van der Waals surface area contributed by atoms with E-state index in [1.807, 2.05) is 0 Å². The molecule has 29 heavy (non-hydrogen) atoms. The summed E-state index contributed by atoms with van der Waals surface area (Å²) in [6.45, 7) is 3.33. The van der Waals surface area contributed by atoms with Crippen LogP contribution in [0.5, 0.6) is 0 Å². The van der Waals surface area contributed by atoms with Crippen LogP contribution >= 0.6 is 23.2 Å². The average molecular weight is 459 g/mol. The summed E-state index contributed by atoms with van der Waals surface area (Å²) in [5, 5.41) is 3.04. The molecule has 1 amide bonds. The number of anilines is 2. The Morgan fingerprint density at radius 3 is 2.41 bits per heavy atom. The van der Waals surface area contributed by atoms with Gasteiger partial charge in [0.1, 0.15) is 6.04 Å². The molecule has 0 heterocycles. The number of rotatable bonds is 7. The second-order valence-electron chi connectivity index (χ2n) is 6.12. The average Bonchev–Trinajstić information content (AvgIpc) is 2.60. The molecule has 1 atom stereocenters. The van der Waals surface area contributed by atoms with Crippen molar-refractivity contribution in [2.45, 2.75) is 19.9 Å². The highest BCUT2D eigenvalue weighted by Crippen LogP contribution is 2.26. The molecular formula is C19H20Cl2N2O5S. The zero-order chi connectivity index (χ0) is 21.8. The molecule has 1 N–H and O–H groups in total. The number of carbonyl (C=O) groups excluding carboxylic acids is 2. The van der Waals surface area contributed by atoms with Gasteiger partial charge in [0.25, 0.3) is 0 Å². The summed E-state index contributed by atoms with van der Waals surface area (Å²) < 4.78 is 30.5. The zero-order valence-electron chi connectivity index (χ0n) is 16.0. The number of sulfonamides is 1. The van der Waals surface area contributed by atoms with E-state index in [9.17, 15) is 18.0 Å². The van der Waals surface area contributed by atoms with Crippen LogP contribution in [0.2, 0.25) is 10.0 Å². The zero-order valence-corrected chi connectivity index (χ0v) is 18.3. The number of carbonyl (C=O) groups is 2. The minimum absolute atomic E-state index is 0.101. The van der Waals surface area contributed by atoms with E-state index < -0.39 is 27.9 Å². The van der Waals surface area contributed by atoms with E-state index in [1.165, 1.54) is 31.2 Å². The molecule has 0 aromatic heterocycles. The fraction of sp³-hybridized carbons (Fsp3) is 0.263. The van der Waals surface area contributed by atoms with Gasteiger partial charge in [-0.05, 0) is 50.2 Å². The van der Waals surface area contributed by atoms with Crippen molar-refractivity contribution in [1.29, 1.82) is 0 Å². The van der Waals surface area contributed by atoms with Crippen molar-refractivity contribution >= 4 is 56.5 Å². The molecule has 0 radical (unpaired) electrons. The highest BCUT2D eigenvalue weighted by molar-refractivity contribution is 7.92. The lowest BCUT2D eigenvalue weighted by atomic mass is 10.2. The molecule has 1 unspecified atom stereocenters. The molecule has 2 aromatic rings. The largest absolute Gasteiger partial charge is 0.462 e. The number of benzene rings is 2. The minimum atomic E-state index is -3.78. The lowest BCUT2D eigenvalue weighted by Gasteiger charge is -2.28. The molecule has 0 aliphatic heterocycles. The summed E-state index contributed by atoms with van der Waals surface area (Å²) in [5.41, 5.74) is 0.731. The molecule has 156 valence electrons. The predicted molar refractivity (Wildman–Crippen MR) is 114 cm³/mol. The SMILES string of the molecule is CCOC(=O)c1ccc(NC(=O)C(C)N(c2cccc(Cl)c2)S(C)(=O)=O)cc1Cl. The highest BCUT2D eigenvalue weighted by Gasteiger charge is 2.29. The lowest BCUT2D eigenvalue weighted by molar-refractivity contribution is -0.116. The van der Waals surface area contributed by atoms with Gasteiger partial charge in [-0.15, -0.1) is 0 Å². The van der Waals surface area contributed by atoms with E-state index in [4.69, 9.17) is 27.9 Å². The third-order valence-electron chi connectivity index (χ3n) is 3.88. The van der Waals surface area contributed by atoms with Gasteiger partial charge in [0.2, 0.25) is 15.9 Å². The van der Waals surface area contributed by atoms with Crippen LogP contribution in [0.4, 0.5) is 11.4 Å². The van der Waals surface area contributed by atoms with Gasteiger partial charge in [0.15, 0.2) is 0 Å². The second kappa shape index (κ2) is 9.47. The van der Waals surface area contributed by atoms with Gasteiger partial charge in [-0.2, -0.15) is 0 Å². The minimum Gasteiger partial charge on any atom is -0.462 e. The van der Waals surface area contributed by atoms with Crippen molar-refractivity contribution in [2.75, 3.05) is 22.5 Å². The molecule has 0 bridgehead atoms. The Hall–Kier alpha value is -2.29. The van der Waals surface area contributed by atoms with Crippen molar-refractivity contribution < 1.29 is 22.7 Å². The quantitative estimate of drug-likeness (QED) is 0.633. The van der Waals surface area contributed by atoms with Gasteiger partial charge in [-0.3, -0.25) is 9.10 Å². The molecule has 2 rings (SSSR count). The molecule has 0 saturated carbocycles. The predicted octanol–water partition coefficient (Wildman–Crippen LogP) is 3.96. The topological polar surface area (TPSA) is 92.8 Å². The normalized spacial score (nSPS) is 12.2. The smallest absolute Gasteiger partial charge is 0.339 e. The maximum absolute atomic E-state index is 12.7. The summed E-state index contributed by atoms with van der Waals surface area (Å²) >= 11 is 12.1. The summed E-state index contributed by atoms with van der Waals surface area (Å²) in [5.74, 6) is -1.16. The molecule has 10 heteroatoms. The fourth-order valence-corrected chi connectivity index (χ4v) is 4.24. The first-order valence-electron chi connectivity index (χ1n) is 8.57. The van der Waals surface area contributed by atoms with Gasteiger partial charge >= 0.3 is 5.97 Å². The first-order chi connectivity index (χ1) is 13.5. The number of hydrogen-bond acceptors (Lipinski definition) is 5. The molecule has 0 aliphatic carbocycles. The number of amides is 1. The number of esters is 1. The molecule has 0 spiro atoms. The summed E-state index contributed by atoms with van der Waals surface area (Å²) in [6.07, 6.45) is 1.00. The fourth-order valence-electron chi connectivity index (χ4n) is 2.64. The van der Waals surface area contributed by atoms with Crippen molar-refractivity contribution in [1.82, 2.24) is 0 Å². The van der Waals surface area contributed by atoms with E-state index in [-0.39, 0.29) is 22.9 Å². The molecule has 0 fully saturated rings. The summed E-state index contributed by atoms with van der Waals surface area (Å²) in [6, 6.07) is 9.41. The Balaban J connectivity index is 2.26. The van der Waals surface area contributed by atoms with Crippen LogP contribution in [-0.4, -0.2) is 39.2 Å². The standard InChI is InChI=1S/C19H20Cl2N2O5S/c1-4-28-19(25)16-9-8-14(11-17(16)21)22-18(24)12(2)23(29(3,26)27)15-7-5-6-13(20)10-15/h5-12H,4H2,1-3H3,(H,22,24). The van der Waals surface area contributed by atoms with E-state index >= 15 is 0 Å². The maximum atomic E-state index is 12.7. The molecule has 0 saturated heterocycles. The van der Waals surface area contributed by atoms with Crippen LogP contribution in [0.15, 0.2) is 42.5 Å². The lowest BCUT2D eigenvalue weighted by Crippen LogP contribution is -2.45. The first kappa shape index (κ1) is 23.0. The monoisotopic (exact) mass is 458 g/mol. The van der Waals surface area contributed by atoms with Crippen LogP contribution in [-0.2, 0) is 19.6 Å². The Bertz CT molecular complexity index is 1030. The van der Waals surface area contributed by atoms with E-state index in [0.717, 1.165) is 10.6 Å². The van der Waals surface area contributed by atoms with Crippen molar-refractivity contribution in [3.63, 3.8) is 0 Å². The van der Waals surface area contributed by atoms with Crippen LogP contribution < -0.4 is 9.62 Å². The molecule has 2 aromatic carbocycles. The van der Waals surface area contributed by atoms with Gasteiger partial charge < -0.3 is 10.1 Å². The molecular weight excluding hydrogens is 439 g/mol. The second-order valence-corrected chi connectivity index (χ2v) is 8.82. The van der Waals surface area contributed by atoms with Crippen LogP contribution in [0.1, 0.15) is 24.2 Å². The van der Waals surface area contributed by atoms with Crippen LogP contribution in [0, 0.1) is 0 Å². The molecule has 0 aliphatic rings. The third kappa shape index (κ3) is 5.85. The highest BCUT2D eigenvalue weighted by atomic mass is 35.5. The number of hydrogen-bond donors (Lipinski definition) is 1. The summed E-state index contributed by atoms with van der Waals surface area (Å²) in [7, 11) is -3.78. The Morgan fingerprint density at radius 1 is 1.17 bits per heavy atom. The number of nitrogens with one attached hydrogen (secondary N) is 1. The number of halogens is 2. The van der Waals surface area contributed by atoms with Crippen LogP contribution in [0.25, 0.3) is 0 Å². The van der Waals surface area contributed by atoms with Crippen molar-refractivity contribution in [3.8, 4) is 0 Å². The van der Waals surface area contributed by atoms with Crippen LogP contribution in [0.3, 0.4) is 0 Å². The van der Waals surface area contributed by atoms with Crippen molar-refractivity contribution in [2.24, 2.45) is 0 Å². The summed E-state index contributed by atoms with van der Waals surface area (Å²) in [4.78, 5) is 24.5. The number of nitrogens with zero attached hydrogens (tertiary/aromatic N) is 1. The Kier molecular flexibility index (Phi) is 7.51. The van der Waals surface area contributed by atoms with E-state index in [2.05, 4.69) is 5.32 Å². The maximum Gasteiger partial charge on any atom is 0.339 e. The first-order valence-corrected chi connectivity index (χ1v) is 11.2. The van der Waals surface area contributed by atoms with Crippen molar-refractivity contribution in [3.05, 3.63) is 58.1 Å². The Labute approximate surface area is 179 Å². The van der Waals surface area contributed by atoms with Gasteiger partial charge in [-0.1, -0.05) is 29.3 Å². The van der Waals surface area contributed by atoms with Gasteiger partial charge in [0.05, 0.1) is 29.1 Å². The molecule has 7 nitrogen and oxygen atoms in total. The van der Waals surface area contributed by atoms with Gasteiger partial charge in [0, 0.05) is 10.7 Å². The Morgan fingerprint density at radius 2 is 1.86 bits per heavy atom. The van der Waals surface area contributed by atoms with E-state index in [0.29, 0.717) is 10.7 Å².